The molecule has 0 radical (unpaired) electrons. The Morgan fingerprint density at radius 3 is 2.95 bits per heavy atom. The molecule has 2 heterocycles. The number of rotatable bonds is 4. The summed E-state index contributed by atoms with van der Waals surface area (Å²) in [4.78, 5) is 9.79. The van der Waals surface area contributed by atoms with Crippen molar-refractivity contribution in [2.24, 2.45) is 0 Å². The normalized spacial score (nSPS) is 10.8. The Morgan fingerprint density at radius 2 is 2.19 bits per heavy atom. The van der Waals surface area contributed by atoms with E-state index in [-0.39, 0.29) is 12.4 Å². The molecule has 0 saturated heterocycles. The van der Waals surface area contributed by atoms with Crippen LogP contribution in [0.4, 0.5) is 10.2 Å². The fourth-order valence-corrected chi connectivity index (χ4v) is 3.01. The molecule has 0 spiro atoms. The Hall–Kier alpha value is -1.73. The molecule has 108 valence electrons. The van der Waals surface area contributed by atoms with Crippen LogP contribution in [0.25, 0.3) is 10.2 Å². The van der Waals surface area contributed by atoms with E-state index >= 15 is 0 Å². The summed E-state index contributed by atoms with van der Waals surface area (Å²) >= 11 is 4.68. The van der Waals surface area contributed by atoms with Gasteiger partial charge in [-0.15, -0.1) is 11.3 Å². The summed E-state index contributed by atoms with van der Waals surface area (Å²) in [5.41, 5.74) is 0. The number of fused-ring (bicyclic) bond motifs is 1. The Bertz CT molecular complexity index is 793. The summed E-state index contributed by atoms with van der Waals surface area (Å²) in [6.07, 6.45) is 0. The lowest BCUT2D eigenvalue weighted by Crippen LogP contribution is -2.04. The number of benzene rings is 1. The van der Waals surface area contributed by atoms with Gasteiger partial charge in [-0.25, -0.2) is 14.4 Å². The molecule has 0 aliphatic carbocycles. The van der Waals surface area contributed by atoms with Gasteiger partial charge in [-0.2, -0.15) is 0 Å². The molecular weight excluding hydrogens is 357 g/mol. The van der Waals surface area contributed by atoms with E-state index in [1.807, 2.05) is 18.5 Å². The molecular formula is C14H11BrFN3OS. The highest BCUT2D eigenvalue weighted by atomic mass is 79.9. The smallest absolute Gasteiger partial charge is 0.169 e. The van der Waals surface area contributed by atoms with E-state index in [0.29, 0.717) is 16.0 Å². The second-order valence-corrected chi connectivity index (χ2v) is 5.99. The minimum atomic E-state index is -0.323. The van der Waals surface area contributed by atoms with Crippen molar-refractivity contribution < 1.29 is 9.13 Å². The summed E-state index contributed by atoms with van der Waals surface area (Å²) in [6.45, 7) is 0.223. The Kier molecular flexibility index (Phi) is 4.03. The van der Waals surface area contributed by atoms with Gasteiger partial charge in [0.05, 0.1) is 9.86 Å². The first-order valence-corrected chi connectivity index (χ1v) is 7.84. The highest BCUT2D eigenvalue weighted by Gasteiger charge is 2.09. The van der Waals surface area contributed by atoms with Crippen LogP contribution in [-0.2, 0) is 6.61 Å². The van der Waals surface area contributed by atoms with Crippen LogP contribution in [0.15, 0.2) is 34.1 Å². The van der Waals surface area contributed by atoms with Gasteiger partial charge >= 0.3 is 0 Å². The van der Waals surface area contributed by atoms with E-state index < -0.39 is 0 Å². The van der Waals surface area contributed by atoms with Gasteiger partial charge in [-0.1, -0.05) is 0 Å². The number of halogens is 2. The largest absolute Gasteiger partial charge is 0.486 e. The monoisotopic (exact) mass is 367 g/mol. The second kappa shape index (κ2) is 5.95. The first kappa shape index (κ1) is 14.2. The first-order valence-electron chi connectivity index (χ1n) is 6.17. The van der Waals surface area contributed by atoms with Crippen molar-refractivity contribution in [3.05, 3.63) is 45.8 Å². The Balaban J connectivity index is 1.82. The van der Waals surface area contributed by atoms with E-state index in [1.54, 1.807) is 23.5 Å². The maximum absolute atomic E-state index is 13.2. The average Bonchev–Trinajstić information content (AvgIpc) is 2.96. The van der Waals surface area contributed by atoms with Crippen LogP contribution in [0.2, 0.25) is 0 Å². The van der Waals surface area contributed by atoms with Gasteiger partial charge in [0.2, 0.25) is 0 Å². The zero-order valence-corrected chi connectivity index (χ0v) is 13.5. The van der Waals surface area contributed by atoms with Gasteiger partial charge in [0.15, 0.2) is 5.82 Å². The third kappa shape index (κ3) is 2.98. The van der Waals surface area contributed by atoms with Crippen molar-refractivity contribution >= 4 is 43.3 Å². The molecule has 2 aromatic heterocycles. The number of anilines is 1. The molecule has 0 aliphatic rings. The number of hydrogen-bond donors (Lipinski definition) is 1. The van der Waals surface area contributed by atoms with Crippen molar-refractivity contribution in [2.45, 2.75) is 6.61 Å². The maximum atomic E-state index is 13.2. The van der Waals surface area contributed by atoms with Crippen LogP contribution in [0.3, 0.4) is 0 Å². The van der Waals surface area contributed by atoms with Crippen LogP contribution in [0, 0.1) is 5.82 Å². The van der Waals surface area contributed by atoms with Gasteiger partial charge in [0, 0.05) is 7.05 Å². The van der Waals surface area contributed by atoms with Crippen LogP contribution < -0.4 is 10.1 Å². The zero-order valence-electron chi connectivity index (χ0n) is 11.1. The SMILES string of the molecule is CNc1nc(COc2ccc(F)c(Br)c2)nc2sccc12. The van der Waals surface area contributed by atoms with Gasteiger partial charge in [-0.3, -0.25) is 0 Å². The molecule has 3 rings (SSSR count). The molecule has 0 aliphatic heterocycles. The lowest BCUT2D eigenvalue weighted by molar-refractivity contribution is 0.296. The van der Waals surface area contributed by atoms with Crippen molar-refractivity contribution in [1.29, 1.82) is 0 Å². The molecule has 7 heteroatoms. The third-order valence-corrected chi connectivity index (χ3v) is 4.28. The first-order chi connectivity index (χ1) is 10.2. The van der Waals surface area contributed by atoms with E-state index in [4.69, 9.17) is 4.74 Å². The molecule has 3 aromatic rings. The quantitative estimate of drug-likeness (QED) is 0.749. The predicted octanol–water partition coefficient (Wildman–Crippen LogP) is 4.21. The number of hydrogen-bond acceptors (Lipinski definition) is 5. The molecule has 0 fully saturated rings. The number of nitrogens with one attached hydrogen (secondary N) is 1. The van der Waals surface area contributed by atoms with E-state index in [9.17, 15) is 4.39 Å². The molecule has 0 amide bonds. The lowest BCUT2D eigenvalue weighted by Gasteiger charge is -2.08. The van der Waals surface area contributed by atoms with Crippen LogP contribution >= 0.6 is 27.3 Å². The third-order valence-electron chi connectivity index (χ3n) is 2.87. The fourth-order valence-electron chi connectivity index (χ4n) is 1.87. The lowest BCUT2D eigenvalue weighted by atomic mass is 10.3. The predicted molar refractivity (Wildman–Crippen MR) is 85.4 cm³/mol. The Labute approximate surface area is 133 Å². The molecule has 1 N–H and O–H groups in total. The number of ether oxygens (including phenoxy) is 1. The standard InChI is InChI=1S/C14H11BrFN3OS/c1-17-13-9-4-5-21-14(9)19-12(18-13)7-20-8-2-3-11(16)10(15)6-8/h2-6H,7H2,1H3,(H,17,18,19). The minimum Gasteiger partial charge on any atom is -0.486 e. The summed E-state index contributed by atoms with van der Waals surface area (Å²) in [7, 11) is 1.82. The van der Waals surface area contributed by atoms with Gasteiger partial charge in [-0.05, 0) is 45.6 Å². The molecule has 4 nitrogen and oxygen atoms in total. The fraction of sp³-hybridized carbons (Fsp3) is 0.143. The van der Waals surface area contributed by atoms with Crippen molar-refractivity contribution in [1.82, 2.24) is 9.97 Å². The molecule has 0 saturated carbocycles. The van der Waals surface area contributed by atoms with E-state index in [0.717, 1.165) is 16.0 Å². The van der Waals surface area contributed by atoms with E-state index in [2.05, 4.69) is 31.2 Å². The number of thiophene rings is 1. The number of nitrogens with zero attached hydrogens (tertiary/aromatic N) is 2. The van der Waals surface area contributed by atoms with Crippen molar-refractivity contribution in [2.75, 3.05) is 12.4 Å². The van der Waals surface area contributed by atoms with E-state index in [1.165, 1.54) is 6.07 Å². The molecule has 1 aromatic carbocycles. The Morgan fingerprint density at radius 1 is 1.33 bits per heavy atom. The highest BCUT2D eigenvalue weighted by molar-refractivity contribution is 9.10. The van der Waals surface area contributed by atoms with Crippen LogP contribution in [0.1, 0.15) is 5.82 Å². The second-order valence-electron chi connectivity index (χ2n) is 4.24. The molecule has 0 unspecified atom stereocenters. The topological polar surface area (TPSA) is 47.0 Å². The maximum Gasteiger partial charge on any atom is 0.169 e. The van der Waals surface area contributed by atoms with Crippen LogP contribution in [-0.4, -0.2) is 17.0 Å². The summed E-state index contributed by atoms with van der Waals surface area (Å²) in [6, 6.07) is 6.48. The number of aromatic nitrogens is 2. The molecule has 0 atom stereocenters. The highest BCUT2D eigenvalue weighted by Crippen LogP contribution is 2.26. The summed E-state index contributed by atoms with van der Waals surface area (Å²) in [5, 5.41) is 6.02. The van der Waals surface area contributed by atoms with Gasteiger partial charge < -0.3 is 10.1 Å². The summed E-state index contributed by atoms with van der Waals surface area (Å²) < 4.78 is 19.1. The molecule has 0 bridgehead atoms. The summed E-state index contributed by atoms with van der Waals surface area (Å²) in [5.74, 6) is 1.59. The average molecular weight is 368 g/mol. The minimum absolute atomic E-state index is 0.223. The van der Waals surface area contributed by atoms with Crippen molar-refractivity contribution in [3.63, 3.8) is 0 Å². The van der Waals surface area contributed by atoms with Gasteiger partial charge in [0.1, 0.15) is 28.8 Å². The van der Waals surface area contributed by atoms with Gasteiger partial charge in [0.25, 0.3) is 0 Å². The molecule has 21 heavy (non-hydrogen) atoms. The zero-order chi connectivity index (χ0) is 14.8. The van der Waals surface area contributed by atoms with Crippen molar-refractivity contribution in [3.8, 4) is 5.75 Å². The van der Waals surface area contributed by atoms with Crippen LogP contribution in [0.5, 0.6) is 5.75 Å².